The maximum Gasteiger partial charge on any atom is 0.246 e. The molecular formula is C20H27N5O3S. The van der Waals surface area contributed by atoms with Crippen LogP contribution in [-0.4, -0.2) is 64.5 Å². The summed E-state index contributed by atoms with van der Waals surface area (Å²) in [6, 6.07) is 3.50. The highest BCUT2D eigenvalue weighted by atomic mass is 32.2. The summed E-state index contributed by atoms with van der Waals surface area (Å²) in [7, 11) is -1.99. The Morgan fingerprint density at radius 3 is 2.34 bits per heavy atom. The molecule has 3 heterocycles. The zero-order chi connectivity index (χ0) is 20.4. The third-order valence-corrected chi connectivity index (χ3v) is 7.77. The molecule has 1 aliphatic heterocycles. The minimum absolute atomic E-state index is 0.114. The number of aromatic nitrogens is 3. The Balaban J connectivity index is 1.49. The molecule has 156 valence electrons. The fraction of sp³-hybridized carbons (Fsp3) is 0.550. The number of hydrogen-bond donors (Lipinski definition) is 0. The molecule has 0 atom stereocenters. The van der Waals surface area contributed by atoms with E-state index in [-0.39, 0.29) is 16.7 Å². The summed E-state index contributed by atoms with van der Waals surface area (Å²) in [4.78, 5) is 18.8. The molecule has 1 aliphatic carbocycles. The van der Waals surface area contributed by atoms with Crippen molar-refractivity contribution in [2.45, 2.75) is 37.0 Å². The summed E-state index contributed by atoms with van der Waals surface area (Å²) in [5.74, 6) is 0.309. The zero-order valence-corrected chi connectivity index (χ0v) is 17.5. The van der Waals surface area contributed by atoms with Gasteiger partial charge in [0.05, 0.1) is 0 Å². The van der Waals surface area contributed by atoms with Gasteiger partial charge in [0.1, 0.15) is 10.6 Å². The summed E-state index contributed by atoms with van der Waals surface area (Å²) < 4.78 is 29.6. The molecule has 1 saturated heterocycles. The minimum Gasteiger partial charge on any atom is -0.340 e. The predicted molar refractivity (Wildman–Crippen MR) is 108 cm³/mol. The second-order valence-corrected chi connectivity index (χ2v) is 9.72. The molecule has 0 N–H and O–H groups in total. The van der Waals surface area contributed by atoms with E-state index >= 15 is 0 Å². The van der Waals surface area contributed by atoms with Crippen molar-refractivity contribution in [2.75, 3.05) is 26.2 Å². The lowest BCUT2D eigenvalue weighted by Crippen LogP contribution is -2.52. The van der Waals surface area contributed by atoms with E-state index in [1.165, 1.54) is 15.4 Å². The SMILES string of the molecule is Cn1cc(S(=O)(=O)N2CCN(C(=O)C3CCCCC3)CC2)c(-c2ccncc2)n1. The van der Waals surface area contributed by atoms with Gasteiger partial charge in [-0.2, -0.15) is 9.40 Å². The van der Waals surface area contributed by atoms with Crippen molar-refractivity contribution in [3.05, 3.63) is 30.7 Å². The number of carbonyl (C=O) groups is 1. The average molecular weight is 418 g/mol. The lowest BCUT2D eigenvalue weighted by atomic mass is 9.88. The van der Waals surface area contributed by atoms with E-state index in [2.05, 4.69) is 10.1 Å². The first-order chi connectivity index (χ1) is 14.0. The Labute approximate surface area is 171 Å². The Morgan fingerprint density at radius 2 is 1.69 bits per heavy atom. The second-order valence-electron chi connectivity index (χ2n) is 7.82. The fourth-order valence-electron chi connectivity index (χ4n) is 4.26. The first-order valence-corrected chi connectivity index (χ1v) is 11.6. The molecular weight excluding hydrogens is 390 g/mol. The number of hydrogen-bond acceptors (Lipinski definition) is 5. The van der Waals surface area contributed by atoms with E-state index in [0.717, 1.165) is 25.7 Å². The van der Waals surface area contributed by atoms with Gasteiger partial charge < -0.3 is 4.90 Å². The van der Waals surface area contributed by atoms with E-state index in [1.54, 1.807) is 37.8 Å². The van der Waals surface area contributed by atoms with Crippen LogP contribution in [0, 0.1) is 5.92 Å². The van der Waals surface area contributed by atoms with Crippen molar-refractivity contribution in [3.8, 4) is 11.3 Å². The number of amides is 1. The van der Waals surface area contributed by atoms with Crippen LogP contribution in [0.5, 0.6) is 0 Å². The Hall–Kier alpha value is -2.26. The standard InChI is InChI=1S/C20H27N5O3S/c1-23-15-18(19(22-23)16-7-9-21-10-8-16)29(27,28)25-13-11-24(12-14-25)20(26)17-5-3-2-4-6-17/h7-10,15,17H,2-6,11-14H2,1H3. The van der Waals surface area contributed by atoms with Crippen molar-refractivity contribution in [1.29, 1.82) is 0 Å². The predicted octanol–water partition coefficient (Wildman–Crippen LogP) is 1.90. The van der Waals surface area contributed by atoms with Crippen LogP contribution in [0.4, 0.5) is 0 Å². The number of nitrogens with zero attached hydrogens (tertiary/aromatic N) is 5. The summed E-state index contributed by atoms with van der Waals surface area (Å²) in [6.45, 7) is 1.51. The van der Waals surface area contributed by atoms with Crippen LogP contribution in [0.2, 0.25) is 0 Å². The maximum absolute atomic E-state index is 13.3. The zero-order valence-electron chi connectivity index (χ0n) is 16.7. The van der Waals surface area contributed by atoms with E-state index in [4.69, 9.17) is 0 Å². The third kappa shape index (κ3) is 4.06. The van der Waals surface area contributed by atoms with Crippen LogP contribution in [0.25, 0.3) is 11.3 Å². The smallest absolute Gasteiger partial charge is 0.246 e. The van der Waals surface area contributed by atoms with E-state index in [0.29, 0.717) is 37.4 Å². The lowest BCUT2D eigenvalue weighted by Gasteiger charge is -2.36. The van der Waals surface area contributed by atoms with Crippen LogP contribution in [0.1, 0.15) is 32.1 Å². The van der Waals surface area contributed by atoms with Gasteiger partial charge in [-0.25, -0.2) is 8.42 Å². The molecule has 9 heteroatoms. The Kier molecular flexibility index (Phi) is 5.69. The van der Waals surface area contributed by atoms with Crippen molar-refractivity contribution < 1.29 is 13.2 Å². The Morgan fingerprint density at radius 1 is 1.03 bits per heavy atom. The molecule has 1 amide bonds. The van der Waals surface area contributed by atoms with Gasteiger partial charge in [-0.1, -0.05) is 19.3 Å². The van der Waals surface area contributed by atoms with Gasteiger partial charge in [-0.05, 0) is 25.0 Å². The van der Waals surface area contributed by atoms with Gasteiger partial charge in [-0.3, -0.25) is 14.5 Å². The molecule has 2 aromatic heterocycles. The molecule has 4 rings (SSSR count). The number of pyridine rings is 1. The molecule has 0 bridgehead atoms. The third-order valence-electron chi connectivity index (χ3n) is 5.87. The lowest BCUT2D eigenvalue weighted by molar-refractivity contribution is -0.137. The number of rotatable bonds is 4. The van der Waals surface area contributed by atoms with Gasteiger partial charge >= 0.3 is 0 Å². The van der Waals surface area contributed by atoms with Crippen LogP contribution >= 0.6 is 0 Å². The number of carbonyl (C=O) groups excluding carboxylic acids is 1. The summed E-state index contributed by atoms with van der Waals surface area (Å²) in [6.07, 6.45) is 10.1. The van der Waals surface area contributed by atoms with Crippen molar-refractivity contribution in [2.24, 2.45) is 13.0 Å². The highest BCUT2D eigenvalue weighted by Gasteiger charge is 2.35. The average Bonchev–Trinajstić information content (AvgIpc) is 3.17. The summed E-state index contributed by atoms with van der Waals surface area (Å²) in [5.41, 5.74) is 1.14. The van der Waals surface area contributed by atoms with Gasteiger partial charge in [0.2, 0.25) is 15.9 Å². The van der Waals surface area contributed by atoms with Gasteiger partial charge in [0.15, 0.2) is 0 Å². The first kappa shape index (κ1) is 20.0. The normalized spacial score (nSPS) is 19.4. The molecule has 0 radical (unpaired) electrons. The number of aryl methyl sites for hydroxylation is 1. The maximum atomic E-state index is 13.3. The van der Waals surface area contributed by atoms with Crippen LogP contribution in [-0.2, 0) is 21.9 Å². The highest BCUT2D eigenvalue weighted by molar-refractivity contribution is 7.89. The van der Waals surface area contributed by atoms with E-state index < -0.39 is 10.0 Å². The second kappa shape index (κ2) is 8.23. The van der Waals surface area contributed by atoms with Crippen LogP contribution in [0.3, 0.4) is 0 Å². The molecule has 0 spiro atoms. The molecule has 2 aromatic rings. The molecule has 0 unspecified atom stereocenters. The van der Waals surface area contributed by atoms with Crippen molar-refractivity contribution >= 4 is 15.9 Å². The molecule has 1 saturated carbocycles. The van der Waals surface area contributed by atoms with Gasteiger partial charge in [-0.15, -0.1) is 0 Å². The first-order valence-electron chi connectivity index (χ1n) is 10.2. The monoisotopic (exact) mass is 417 g/mol. The van der Waals surface area contributed by atoms with Crippen molar-refractivity contribution in [1.82, 2.24) is 24.0 Å². The van der Waals surface area contributed by atoms with Gasteiger partial charge in [0, 0.05) is 63.3 Å². The molecule has 8 nitrogen and oxygen atoms in total. The minimum atomic E-state index is -3.70. The van der Waals surface area contributed by atoms with Gasteiger partial charge in [0.25, 0.3) is 0 Å². The van der Waals surface area contributed by atoms with Crippen molar-refractivity contribution in [3.63, 3.8) is 0 Å². The fourth-order valence-corrected chi connectivity index (χ4v) is 5.87. The van der Waals surface area contributed by atoms with Crippen LogP contribution < -0.4 is 0 Å². The Bertz CT molecular complexity index is 959. The number of sulfonamides is 1. The highest BCUT2D eigenvalue weighted by Crippen LogP contribution is 2.29. The molecule has 29 heavy (non-hydrogen) atoms. The topological polar surface area (TPSA) is 88.4 Å². The van der Waals surface area contributed by atoms with E-state index in [9.17, 15) is 13.2 Å². The molecule has 2 aliphatic rings. The summed E-state index contributed by atoms with van der Waals surface area (Å²) >= 11 is 0. The molecule has 0 aromatic carbocycles. The van der Waals surface area contributed by atoms with E-state index in [1.807, 2.05) is 4.90 Å². The molecule has 2 fully saturated rings. The largest absolute Gasteiger partial charge is 0.340 e. The number of piperazine rings is 1. The van der Waals surface area contributed by atoms with Crippen LogP contribution in [0.15, 0.2) is 35.6 Å². The summed E-state index contributed by atoms with van der Waals surface area (Å²) in [5, 5.41) is 4.36. The quantitative estimate of drug-likeness (QED) is 0.758.